The van der Waals surface area contributed by atoms with Crippen molar-refractivity contribution in [3.05, 3.63) is 29.8 Å². The second-order valence-corrected chi connectivity index (χ2v) is 2.82. The van der Waals surface area contributed by atoms with Gasteiger partial charge < -0.3 is 22.1 Å². The lowest BCUT2D eigenvalue weighted by molar-refractivity contribution is -0.138. The second-order valence-electron chi connectivity index (χ2n) is 2.82. The Balaban J connectivity index is 0.00000169. The number of carboxylic acids is 1. The van der Waals surface area contributed by atoms with E-state index in [-0.39, 0.29) is 18.3 Å². The molecule has 1 aromatic rings. The highest BCUT2D eigenvalue weighted by Crippen LogP contribution is 2.10. The third-order valence-electron chi connectivity index (χ3n) is 1.71. The smallest absolute Gasteiger partial charge is 0.320 e. The summed E-state index contributed by atoms with van der Waals surface area (Å²) in [4.78, 5) is 10.4. The molecule has 0 heterocycles. The number of benzene rings is 1. The summed E-state index contributed by atoms with van der Waals surface area (Å²) in [6.07, 6.45) is 0.273. The first-order chi connectivity index (χ1) is 6.09. The number of hydrogen-bond acceptors (Lipinski definition) is 3. The van der Waals surface area contributed by atoms with E-state index in [0.717, 1.165) is 5.56 Å². The molecule has 0 aliphatic heterocycles. The minimum atomic E-state index is -1.02. The zero-order valence-corrected chi connectivity index (χ0v) is 7.97. The Bertz CT molecular complexity index is 297. The van der Waals surface area contributed by atoms with E-state index in [9.17, 15) is 4.79 Å². The van der Waals surface area contributed by atoms with Crippen LogP contribution < -0.4 is 11.9 Å². The molecule has 0 aliphatic rings. The maximum Gasteiger partial charge on any atom is 0.320 e. The van der Waals surface area contributed by atoms with Crippen LogP contribution in [-0.2, 0) is 11.2 Å². The van der Waals surface area contributed by atoms with Gasteiger partial charge in [-0.05, 0) is 24.1 Å². The van der Waals surface area contributed by atoms with Crippen molar-refractivity contribution in [2.24, 2.45) is 5.73 Å². The monoisotopic (exact) mass is 199 g/mol. The lowest BCUT2D eigenvalue weighted by Crippen LogP contribution is -2.32. The maximum atomic E-state index is 10.4. The first-order valence-corrected chi connectivity index (χ1v) is 3.86. The SMILES string of the molecule is NC(Cc1ccc(O)cc1)C(=O)O.[NH4+]. The molecule has 0 aliphatic carbocycles. The summed E-state index contributed by atoms with van der Waals surface area (Å²) in [7, 11) is 0. The minimum Gasteiger partial charge on any atom is -0.508 e. The molecule has 0 aromatic heterocycles. The molecule has 0 saturated carbocycles. The number of aromatic hydroxyl groups is 1. The fourth-order valence-corrected chi connectivity index (χ4v) is 0.973. The molecule has 14 heavy (non-hydrogen) atoms. The summed E-state index contributed by atoms with van der Waals surface area (Å²) < 4.78 is 0. The van der Waals surface area contributed by atoms with Crippen LogP contribution in [0.25, 0.3) is 0 Å². The van der Waals surface area contributed by atoms with Crippen LogP contribution in [0.15, 0.2) is 24.3 Å². The number of rotatable bonds is 3. The summed E-state index contributed by atoms with van der Waals surface area (Å²) in [5.41, 5.74) is 6.12. The van der Waals surface area contributed by atoms with E-state index < -0.39 is 12.0 Å². The van der Waals surface area contributed by atoms with Crippen molar-refractivity contribution in [3.63, 3.8) is 0 Å². The van der Waals surface area contributed by atoms with Gasteiger partial charge in [0.05, 0.1) is 0 Å². The Morgan fingerprint density at radius 2 is 1.86 bits per heavy atom. The second kappa shape index (κ2) is 5.21. The van der Waals surface area contributed by atoms with Crippen LogP contribution >= 0.6 is 0 Å². The third-order valence-corrected chi connectivity index (χ3v) is 1.71. The van der Waals surface area contributed by atoms with Crippen molar-refractivity contribution in [1.29, 1.82) is 0 Å². The summed E-state index contributed by atoms with van der Waals surface area (Å²) >= 11 is 0. The highest BCUT2D eigenvalue weighted by Gasteiger charge is 2.11. The average Bonchev–Trinajstić information content (AvgIpc) is 2.08. The fraction of sp³-hybridized carbons (Fsp3) is 0.222. The Morgan fingerprint density at radius 1 is 1.36 bits per heavy atom. The van der Waals surface area contributed by atoms with Gasteiger partial charge in [0.1, 0.15) is 11.8 Å². The summed E-state index contributed by atoms with van der Waals surface area (Å²) in [6, 6.07) is 5.42. The van der Waals surface area contributed by atoms with Gasteiger partial charge in [-0.2, -0.15) is 0 Å². The number of hydrogen-bond donors (Lipinski definition) is 4. The number of phenolic OH excluding ortho intramolecular Hbond substituents is 1. The Morgan fingerprint density at radius 3 is 2.29 bits per heavy atom. The highest BCUT2D eigenvalue weighted by atomic mass is 16.4. The maximum absolute atomic E-state index is 10.4. The van der Waals surface area contributed by atoms with Gasteiger partial charge in [0, 0.05) is 0 Å². The van der Waals surface area contributed by atoms with E-state index >= 15 is 0 Å². The van der Waals surface area contributed by atoms with Gasteiger partial charge in [-0.3, -0.25) is 4.79 Å². The molecule has 8 N–H and O–H groups in total. The van der Waals surface area contributed by atoms with Gasteiger partial charge >= 0.3 is 5.97 Å². The van der Waals surface area contributed by atoms with Gasteiger partial charge in [0.15, 0.2) is 0 Å². The van der Waals surface area contributed by atoms with Gasteiger partial charge in [0.2, 0.25) is 0 Å². The zero-order valence-electron chi connectivity index (χ0n) is 7.97. The molecular weight excluding hydrogens is 184 g/mol. The number of carbonyl (C=O) groups is 1. The molecule has 5 heteroatoms. The van der Waals surface area contributed by atoms with Gasteiger partial charge in [-0.15, -0.1) is 0 Å². The molecule has 1 unspecified atom stereocenters. The quantitative estimate of drug-likeness (QED) is 0.573. The Kier molecular flexibility index (Phi) is 4.62. The van der Waals surface area contributed by atoms with E-state index in [1.165, 1.54) is 12.1 Å². The first kappa shape index (κ1) is 12.4. The van der Waals surface area contributed by atoms with E-state index in [1.807, 2.05) is 0 Å². The van der Waals surface area contributed by atoms with E-state index in [1.54, 1.807) is 12.1 Å². The Labute approximate surface area is 81.8 Å². The van der Waals surface area contributed by atoms with Crippen LogP contribution in [0.2, 0.25) is 0 Å². The predicted octanol–water partition coefficient (Wildman–Crippen LogP) is 0.723. The molecule has 0 fully saturated rings. The van der Waals surface area contributed by atoms with E-state index in [0.29, 0.717) is 0 Å². The minimum absolute atomic E-state index is 0. The van der Waals surface area contributed by atoms with Crippen LogP contribution in [0.5, 0.6) is 5.75 Å². The summed E-state index contributed by atoms with van der Waals surface area (Å²) in [5.74, 6) is -0.860. The van der Waals surface area contributed by atoms with Crippen LogP contribution in [0, 0.1) is 0 Å². The van der Waals surface area contributed by atoms with E-state index in [2.05, 4.69) is 0 Å². The Hall–Kier alpha value is -1.59. The van der Waals surface area contributed by atoms with Crippen molar-refractivity contribution in [1.82, 2.24) is 6.15 Å². The standard InChI is InChI=1S/C9H11NO3.H3N/c10-8(9(12)13)5-6-1-3-7(11)4-2-6;/h1-4,8,11H,5,10H2,(H,12,13);1H3/p+1. The fourth-order valence-electron chi connectivity index (χ4n) is 0.973. The van der Waals surface area contributed by atoms with E-state index in [4.69, 9.17) is 15.9 Å². The third kappa shape index (κ3) is 3.42. The van der Waals surface area contributed by atoms with Crippen LogP contribution in [0.3, 0.4) is 0 Å². The zero-order chi connectivity index (χ0) is 9.84. The summed E-state index contributed by atoms with van der Waals surface area (Å²) in [6.45, 7) is 0. The molecule has 0 bridgehead atoms. The van der Waals surface area contributed by atoms with Crippen molar-refractivity contribution < 1.29 is 15.0 Å². The highest BCUT2D eigenvalue weighted by molar-refractivity contribution is 5.73. The van der Waals surface area contributed by atoms with Crippen LogP contribution in [-0.4, -0.2) is 22.2 Å². The topological polar surface area (TPSA) is 120 Å². The molecule has 0 saturated heterocycles. The molecule has 1 rings (SSSR count). The molecule has 1 atom stereocenters. The van der Waals surface area contributed by atoms with Crippen LogP contribution in [0.1, 0.15) is 5.56 Å². The summed E-state index contributed by atoms with van der Waals surface area (Å²) in [5, 5.41) is 17.5. The van der Waals surface area contributed by atoms with Crippen molar-refractivity contribution in [2.45, 2.75) is 12.5 Å². The lowest BCUT2D eigenvalue weighted by atomic mass is 10.1. The van der Waals surface area contributed by atoms with Crippen molar-refractivity contribution >= 4 is 5.97 Å². The van der Waals surface area contributed by atoms with Crippen molar-refractivity contribution in [2.75, 3.05) is 0 Å². The number of nitrogens with two attached hydrogens (primary N) is 1. The molecule has 0 spiro atoms. The number of aliphatic carboxylic acids is 1. The number of carboxylic acid groups (broad SMARTS) is 1. The van der Waals surface area contributed by atoms with Gasteiger partial charge in [-0.25, -0.2) is 0 Å². The average molecular weight is 199 g/mol. The largest absolute Gasteiger partial charge is 0.508 e. The number of phenols is 1. The van der Waals surface area contributed by atoms with Crippen LogP contribution in [0.4, 0.5) is 0 Å². The van der Waals surface area contributed by atoms with Gasteiger partial charge in [0.25, 0.3) is 0 Å². The normalized spacial score (nSPS) is 11.5. The molecule has 1 aromatic carbocycles. The molecule has 78 valence electrons. The predicted molar refractivity (Wildman–Crippen MR) is 53.4 cm³/mol. The van der Waals surface area contributed by atoms with Crippen molar-refractivity contribution in [3.8, 4) is 5.75 Å². The van der Waals surface area contributed by atoms with Gasteiger partial charge in [-0.1, -0.05) is 12.1 Å². The molecule has 0 radical (unpaired) electrons. The molecular formula is C9H15N2O3+. The lowest BCUT2D eigenvalue weighted by Gasteiger charge is -2.05. The first-order valence-electron chi connectivity index (χ1n) is 3.86. The molecule has 5 nitrogen and oxygen atoms in total. The number of quaternary nitrogens is 1. The molecule has 0 amide bonds.